The molecule has 26 heavy (non-hydrogen) atoms. The number of H-pyrrole nitrogens is 1. The van der Waals surface area contributed by atoms with Crippen molar-refractivity contribution in [2.45, 2.75) is 37.9 Å². The first-order chi connectivity index (χ1) is 12.7. The van der Waals surface area contributed by atoms with E-state index in [4.69, 9.17) is 14.5 Å². The molecule has 2 aromatic rings. The number of nitrogens with zero attached hydrogens (tertiary/aromatic N) is 4. The molecule has 2 bridgehead atoms. The highest BCUT2D eigenvalue weighted by Crippen LogP contribution is 2.34. The summed E-state index contributed by atoms with van der Waals surface area (Å²) in [7, 11) is 0. The minimum Gasteiger partial charge on any atom is -0.377 e. The van der Waals surface area contributed by atoms with Crippen molar-refractivity contribution in [3.05, 3.63) is 17.8 Å². The van der Waals surface area contributed by atoms with Gasteiger partial charge in [0, 0.05) is 6.54 Å². The molecule has 3 fully saturated rings. The maximum Gasteiger partial charge on any atom is 0.255 e. The number of pyridine rings is 1. The molecule has 5 rings (SSSR count). The smallest absolute Gasteiger partial charge is 0.255 e. The lowest BCUT2D eigenvalue weighted by atomic mass is 10.1. The fourth-order valence-corrected chi connectivity index (χ4v) is 4.41. The Morgan fingerprint density at radius 3 is 2.81 bits per heavy atom. The van der Waals surface area contributed by atoms with E-state index in [1.807, 2.05) is 17.9 Å². The number of aromatic nitrogens is 3. The Morgan fingerprint density at radius 1 is 1.23 bits per heavy atom. The Balaban J connectivity index is 1.57. The molecule has 5 heterocycles. The van der Waals surface area contributed by atoms with Gasteiger partial charge in [-0.2, -0.15) is 5.10 Å². The second-order valence-electron chi connectivity index (χ2n) is 7.41. The van der Waals surface area contributed by atoms with E-state index in [9.17, 15) is 4.79 Å². The lowest BCUT2D eigenvalue weighted by Crippen LogP contribution is -2.48. The summed E-state index contributed by atoms with van der Waals surface area (Å²) in [6.07, 6.45) is 3.91. The van der Waals surface area contributed by atoms with Gasteiger partial charge in [0.1, 0.15) is 5.82 Å². The predicted molar refractivity (Wildman–Crippen MR) is 95.3 cm³/mol. The average molecular weight is 357 g/mol. The van der Waals surface area contributed by atoms with E-state index < -0.39 is 0 Å². The fourth-order valence-electron chi connectivity index (χ4n) is 4.41. The molecule has 3 atom stereocenters. The normalized spacial score (nSPS) is 28.7. The maximum atomic E-state index is 13.3. The van der Waals surface area contributed by atoms with Crippen molar-refractivity contribution in [1.29, 1.82) is 0 Å². The third kappa shape index (κ3) is 2.47. The van der Waals surface area contributed by atoms with Gasteiger partial charge in [0.05, 0.1) is 61.7 Å². The standard InChI is InChI=1S/C18H23N5O3/c1-11-8-25-5-4-22(11)18(24)14-6-16(20-17-15(14)7-19-21-17)23-12-2-3-13(23)10-26-9-12/h6-7,11-13H,2-5,8-10H2,1H3,(H,19,20,21). The van der Waals surface area contributed by atoms with Crippen molar-refractivity contribution in [2.75, 3.05) is 37.9 Å². The molecule has 3 aliphatic rings. The lowest BCUT2D eigenvalue weighted by molar-refractivity contribution is 0.00370. The average Bonchev–Trinajstić information content (AvgIpc) is 3.22. The highest BCUT2D eigenvalue weighted by atomic mass is 16.5. The number of hydrogen-bond donors (Lipinski definition) is 1. The third-order valence-corrected chi connectivity index (χ3v) is 5.77. The summed E-state index contributed by atoms with van der Waals surface area (Å²) in [5.41, 5.74) is 1.33. The molecule has 0 aliphatic carbocycles. The van der Waals surface area contributed by atoms with Gasteiger partial charge in [-0.25, -0.2) is 4.98 Å². The summed E-state index contributed by atoms with van der Waals surface area (Å²) in [5.74, 6) is 0.873. The molecule has 1 N–H and O–H groups in total. The monoisotopic (exact) mass is 357 g/mol. The minimum atomic E-state index is 0.0245. The molecular formula is C18H23N5O3. The molecule has 1 amide bonds. The first-order valence-corrected chi connectivity index (χ1v) is 9.31. The molecule has 2 aromatic heterocycles. The van der Waals surface area contributed by atoms with Crippen molar-refractivity contribution in [1.82, 2.24) is 20.1 Å². The summed E-state index contributed by atoms with van der Waals surface area (Å²) < 4.78 is 11.2. The van der Waals surface area contributed by atoms with E-state index in [0.717, 1.165) is 37.3 Å². The lowest BCUT2D eigenvalue weighted by Gasteiger charge is -2.36. The maximum absolute atomic E-state index is 13.3. The van der Waals surface area contributed by atoms with Crippen LogP contribution in [0.2, 0.25) is 0 Å². The zero-order valence-electron chi connectivity index (χ0n) is 14.9. The van der Waals surface area contributed by atoms with Gasteiger partial charge in [-0.1, -0.05) is 0 Å². The Bertz CT molecular complexity index is 821. The molecule has 0 aromatic carbocycles. The van der Waals surface area contributed by atoms with Crippen LogP contribution in [0.15, 0.2) is 12.3 Å². The number of nitrogens with one attached hydrogen (secondary N) is 1. The number of aromatic amines is 1. The van der Waals surface area contributed by atoms with Crippen LogP contribution in [0.3, 0.4) is 0 Å². The van der Waals surface area contributed by atoms with Gasteiger partial charge >= 0.3 is 0 Å². The Hall–Kier alpha value is -2.19. The van der Waals surface area contributed by atoms with Crippen LogP contribution in [0.5, 0.6) is 0 Å². The number of amides is 1. The van der Waals surface area contributed by atoms with Crippen LogP contribution in [0.25, 0.3) is 11.0 Å². The molecule has 0 spiro atoms. The number of hydrogen-bond acceptors (Lipinski definition) is 6. The Labute approximate surface area is 151 Å². The fraction of sp³-hybridized carbons (Fsp3) is 0.611. The van der Waals surface area contributed by atoms with E-state index in [1.165, 1.54) is 0 Å². The van der Waals surface area contributed by atoms with Crippen LogP contribution in [0.4, 0.5) is 5.82 Å². The van der Waals surface area contributed by atoms with Crippen LogP contribution >= 0.6 is 0 Å². The number of ether oxygens (including phenoxy) is 2. The van der Waals surface area contributed by atoms with Crippen molar-refractivity contribution in [2.24, 2.45) is 0 Å². The summed E-state index contributed by atoms with van der Waals surface area (Å²) in [6, 6.07) is 2.69. The number of morpholine rings is 2. The molecule has 8 heteroatoms. The number of carbonyl (C=O) groups excluding carboxylic acids is 1. The second-order valence-corrected chi connectivity index (χ2v) is 7.41. The topological polar surface area (TPSA) is 83.6 Å². The van der Waals surface area contributed by atoms with E-state index in [2.05, 4.69) is 15.1 Å². The molecule has 0 radical (unpaired) electrons. The van der Waals surface area contributed by atoms with Crippen LogP contribution in [0.1, 0.15) is 30.1 Å². The van der Waals surface area contributed by atoms with Gasteiger partial charge in [-0.05, 0) is 25.8 Å². The second kappa shape index (κ2) is 6.21. The van der Waals surface area contributed by atoms with Gasteiger partial charge < -0.3 is 19.3 Å². The Morgan fingerprint density at radius 2 is 2.04 bits per heavy atom. The van der Waals surface area contributed by atoms with Crippen LogP contribution < -0.4 is 4.90 Å². The van der Waals surface area contributed by atoms with E-state index in [0.29, 0.717) is 43.1 Å². The molecule has 0 saturated carbocycles. The highest BCUT2D eigenvalue weighted by Gasteiger charge is 2.39. The quantitative estimate of drug-likeness (QED) is 0.869. The van der Waals surface area contributed by atoms with Crippen LogP contribution in [-0.2, 0) is 9.47 Å². The molecule has 3 unspecified atom stereocenters. The van der Waals surface area contributed by atoms with Gasteiger partial charge in [-0.3, -0.25) is 9.89 Å². The predicted octanol–water partition coefficient (Wildman–Crippen LogP) is 1.19. The zero-order valence-corrected chi connectivity index (χ0v) is 14.9. The first-order valence-electron chi connectivity index (χ1n) is 9.31. The number of carbonyl (C=O) groups is 1. The summed E-state index contributed by atoms with van der Waals surface area (Å²) in [4.78, 5) is 22.3. The highest BCUT2D eigenvalue weighted by molar-refractivity contribution is 6.06. The van der Waals surface area contributed by atoms with E-state index >= 15 is 0 Å². The molecule has 3 saturated heterocycles. The SMILES string of the molecule is CC1COCCN1C(=O)c1cc(N2C3CCC2COC3)nc2[nH]ncc12. The zero-order chi connectivity index (χ0) is 17.7. The minimum absolute atomic E-state index is 0.0245. The van der Waals surface area contributed by atoms with E-state index in [1.54, 1.807) is 6.20 Å². The Kier molecular flexibility index (Phi) is 3.82. The van der Waals surface area contributed by atoms with Gasteiger partial charge in [-0.15, -0.1) is 0 Å². The van der Waals surface area contributed by atoms with Gasteiger partial charge in [0.2, 0.25) is 0 Å². The van der Waals surface area contributed by atoms with Crippen LogP contribution in [-0.4, -0.2) is 77.1 Å². The third-order valence-electron chi connectivity index (χ3n) is 5.77. The summed E-state index contributed by atoms with van der Waals surface area (Å²) in [6.45, 7) is 5.24. The van der Waals surface area contributed by atoms with Crippen LogP contribution in [0, 0.1) is 0 Å². The largest absolute Gasteiger partial charge is 0.377 e. The number of rotatable bonds is 2. The molecule has 8 nitrogen and oxygen atoms in total. The first kappa shape index (κ1) is 16.0. The number of fused-ring (bicyclic) bond motifs is 3. The van der Waals surface area contributed by atoms with Gasteiger partial charge in [0.25, 0.3) is 5.91 Å². The van der Waals surface area contributed by atoms with Gasteiger partial charge in [0.15, 0.2) is 5.65 Å². The molecule has 3 aliphatic heterocycles. The van der Waals surface area contributed by atoms with Crippen molar-refractivity contribution < 1.29 is 14.3 Å². The van der Waals surface area contributed by atoms with E-state index in [-0.39, 0.29) is 11.9 Å². The van der Waals surface area contributed by atoms with Crippen molar-refractivity contribution >= 4 is 22.8 Å². The molecular weight excluding hydrogens is 334 g/mol. The van der Waals surface area contributed by atoms with Crippen molar-refractivity contribution in [3.8, 4) is 0 Å². The summed E-state index contributed by atoms with van der Waals surface area (Å²) >= 11 is 0. The molecule has 138 valence electrons. The number of anilines is 1. The summed E-state index contributed by atoms with van der Waals surface area (Å²) in [5, 5.41) is 7.84. The van der Waals surface area contributed by atoms with Crippen molar-refractivity contribution in [3.63, 3.8) is 0 Å².